The molecule has 1 heterocycles. The lowest BCUT2D eigenvalue weighted by molar-refractivity contribution is 1.01. The molecule has 0 saturated heterocycles. The lowest BCUT2D eigenvalue weighted by Gasteiger charge is -2.08. The van der Waals surface area contributed by atoms with Crippen molar-refractivity contribution in [2.24, 2.45) is 0 Å². The largest absolute Gasteiger partial charge is 0.369 e. The lowest BCUT2D eigenvalue weighted by Crippen LogP contribution is -2.01. The summed E-state index contributed by atoms with van der Waals surface area (Å²) in [7, 11) is 0. The topological polar surface area (TPSA) is 37.8 Å². The van der Waals surface area contributed by atoms with Gasteiger partial charge in [-0.2, -0.15) is 0 Å². The summed E-state index contributed by atoms with van der Waals surface area (Å²) >= 11 is 11.0. The summed E-state index contributed by atoms with van der Waals surface area (Å²) in [6.45, 7) is 2.84. The Morgan fingerprint density at radius 2 is 2.22 bits per heavy atom. The Labute approximate surface area is 124 Å². The molecule has 0 saturated carbocycles. The molecule has 2 aromatic rings. The average Bonchev–Trinajstić information content (AvgIpc) is 2.35. The molecule has 0 aliphatic heterocycles. The standard InChI is InChI=1S/C12H11BrClN3S/c1-2-15-11-10(13)12(17-7-16-11)18-9-5-3-4-8(14)6-9/h3-7H,2H2,1H3,(H,15,16,17). The quantitative estimate of drug-likeness (QED) is 0.830. The minimum absolute atomic E-state index is 0.720. The Kier molecular flexibility index (Phi) is 4.86. The summed E-state index contributed by atoms with van der Waals surface area (Å²) in [6, 6.07) is 7.68. The van der Waals surface area contributed by atoms with Gasteiger partial charge in [0.25, 0.3) is 0 Å². The molecule has 2 rings (SSSR count). The van der Waals surface area contributed by atoms with Crippen molar-refractivity contribution in [3.8, 4) is 0 Å². The van der Waals surface area contributed by atoms with E-state index >= 15 is 0 Å². The van der Waals surface area contributed by atoms with Crippen molar-refractivity contribution in [3.05, 3.63) is 40.1 Å². The van der Waals surface area contributed by atoms with E-state index in [4.69, 9.17) is 11.6 Å². The molecule has 0 fully saturated rings. The molecule has 3 nitrogen and oxygen atoms in total. The van der Waals surface area contributed by atoms with Crippen LogP contribution in [0.3, 0.4) is 0 Å². The van der Waals surface area contributed by atoms with Crippen LogP contribution in [-0.4, -0.2) is 16.5 Å². The second-order valence-corrected chi connectivity index (χ2v) is 5.72. The van der Waals surface area contributed by atoms with Gasteiger partial charge < -0.3 is 5.32 Å². The number of hydrogen-bond acceptors (Lipinski definition) is 4. The second-order valence-electron chi connectivity index (χ2n) is 3.43. The monoisotopic (exact) mass is 343 g/mol. The van der Waals surface area contributed by atoms with Crippen molar-refractivity contribution in [3.63, 3.8) is 0 Å². The third-order valence-corrected chi connectivity index (χ3v) is 4.35. The number of halogens is 2. The van der Waals surface area contributed by atoms with Gasteiger partial charge in [0.05, 0.1) is 4.47 Å². The van der Waals surface area contributed by atoms with Crippen LogP contribution in [0.15, 0.2) is 45.0 Å². The van der Waals surface area contributed by atoms with Crippen molar-refractivity contribution in [2.75, 3.05) is 11.9 Å². The number of anilines is 1. The molecule has 0 atom stereocenters. The molecule has 0 radical (unpaired) electrons. The fourth-order valence-corrected chi connectivity index (χ4v) is 3.04. The molecule has 1 N–H and O–H groups in total. The maximum atomic E-state index is 5.96. The number of aromatic nitrogens is 2. The SMILES string of the molecule is CCNc1ncnc(Sc2cccc(Cl)c2)c1Br. The Morgan fingerprint density at radius 3 is 2.94 bits per heavy atom. The average molecular weight is 345 g/mol. The minimum atomic E-state index is 0.720. The first-order valence-electron chi connectivity index (χ1n) is 5.38. The van der Waals surface area contributed by atoms with Gasteiger partial charge in [-0.25, -0.2) is 9.97 Å². The Balaban J connectivity index is 2.26. The van der Waals surface area contributed by atoms with Gasteiger partial charge >= 0.3 is 0 Å². The summed E-state index contributed by atoms with van der Waals surface area (Å²) in [5.74, 6) is 0.803. The minimum Gasteiger partial charge on any atom is -0.369 e. The lowest BCUT2D eigenvalue weighted by atomic mass is 10.4. The van der Waals surface area contributed by atoms with Gasteiger partial charge in [0, 0.05) is 16.5 Å². The number of nitrogens with zero attached hydrogens (tertiary/aromatic N) is 2. The molecule has 0 aliphatic carbocycles. The van der Waals surface area contributed by atoms with Crippen LogP contribution in [0, 0.1) is 0 Å². The highest BCUT2D eigenvalue weighted by Crippen LogP contribution is 2.35. The number of rotatable bonds is 4. The highest BCUT2D eigenvalue weighted by atomic mass is 79.9. The highest BCUT2D eigenvalue weighted by Gasteiger charge is 2.09. The molecular formula is C12H11BrClN3S. The molecule has 1 aromatic heterocycles. The number of nitrogens with one attached hydrogen (secondary N) is 1. The van der Waals surface area contributed by atoms with Crippen LogP contribution in [0.5, 0.6) is 0 Å². The predicted molar refractivity (Wildman–Crippen MR) is 79.5 cm³/mol. The normalized spacial score (nSPS) is 10.4. The summed E-state index contributed by atoms with van der Waals surface area (Å²) in [5, 5.41) is 4.76. The zero-order valence-electron chi connectivity index (χ0n) is 9.65. The van der Waals surface area contributed by atoms with E-state index in [-0.39, 0.29) is 0 Å². The third kappa shape index (κ3) is 3.37. The van der Waals surface area contributed by atoms with Gasteiger partial charge in [0.2, 0.25) is 0 Å². The van der Waals surface area contributed by atoms with E-state index in [0.717, 1.165) is 31.8 Å². The second kappa shape index (κ2) is 6.41. The predicted octanol–water partition coefficient (Wildman–Crippen LogP) is 4.48. The van der Waals surface area contributed by atoms with Gasteiger partial charge in [-0.05, 0) is 41.1 Å². The molecule has 0 bridgehead atoms. The van der Waals surface area contributed by atoms with Crippen molar-refractivity contribution < 1.29 is 0 Å². The Hall–Kier alpha value is -0.780. The van der Waals surface area contributed by atoms with E-state index in [2.05, 4.69) is 31.2 Å². The van der Waals surface area contributed by atoms with Crippen LogP contribution in [0.2, 0.25) is 5.02 Å². The zero-order chi connectivity index (χ0) is 13.0. The molecule has 0 unspecified atom stereocenters. The maximum Gasteiger partial charge on any atom is 0.144 e. The van der Waals surface area contributed by atoms with Crippen LogP contribution in [0.1, 0.15) is 6.92 Å². The third-order valence-electron chi connectivity index (χ3n) is 2.11. The zero-order valence-corrected chi connectivity index (χ0v) is 12.8. The molecule has 1 aromatic carbocycles. The first-order valence-corrected chi connectivity index (χ1v) is 7.37. The van der Waals surface area contributed by atoms with Crippen LogP contribution in [0.4, 0.5) is 5.82 Å². The van der Waals surface area contributed by atoms with Crippen LogP contribution in [0.25, 0.3) is 0 Å². The molecule has 0 amide bonds. The van der Waals surface area contributed by atoms with Gasteiger partial charge in [-0.3, -0.25) is 0 Å². The van der Waals surface area contributed by atoms with E-state index in [0.29, 0.717) is 0 Å². The van der Waals surface area contributed by atoms with Crippen LogP contribution < -0.4 is 5.32 Å². The van der Waals surface area contributed by atoms with Gasteiger partial charge in [-0.1, -0.05) is 29.4 Å². The molecule has 94 valence electrons. The Bertz CT molecular complexity index is 551. The van der Waals surface area contributed by atoms with Gasteiger partial charge in [0.1, 0.15) is 17.2 Å². The van der Waals surface area contributed by atoms with E-state index in [1.54, 1.807) is 18.1 Å². The summed E-state index contributed by atoms with van der Waals surface area (Å²) in [4.78, 5) is 9.49. The van der Waals surface area contributed by atoms with Crippen LogP contribution >= 0.6 is 39.3 Å². The van der Waals surface area contributed by atoms with Crippen molar-refractivity contribution >= 4 is 45.1 Å². The first-order chi connectivity index (χ1) is 8.70. The van der Waals surface area contributed by atoms with E-state index in [1.807, 2.05) is 31.2 Å². The summed E-state index contributed by atoms with van der Waals surface area (Å²) in [6.07, 6.45) is 1.55. The van der Waals surface area contributed by atoms with Crippen LogP contribution in [-0.2, 0) is 0 Å². The maximum absolute atomic E-state index is 5.96. The van der Waals surface area contributed by atoms with Crippen molar-refractivity contribution in [1.82, 2.24) is 9.97 Å². The number of hydrogen-bond donors (Lipinski definition) is 1. The van der Waals surface area contributed by atoms with E-state index in [9.17, 15) is 0 Å². The molecule has 6 heteroatoms. The van der Waals surface area contributed by atoms with Crippen molar-refractivity contribution in [2.45, 2.75) is 16.8 Å². The molecule has 0 spiro atoms. The summed E-state index contributed by atoms with van der Waals surface area (Å²) in [5.41, 5.74) is 0. The molecule has 18 heavy (non-hydrogen) atoms. The first kappa shape index (κ1) is 13.6. The molecule has 0 aliphatic rings. The number of benzene rings is 1. The smallest absolute Gasteiger partial charge is 0.144 e. The van der Waals surface area contributed by atoms with Gasteiger partial charge in [0.15, 0.2) is 0 Å². The van der Waals surface area contributed by atoms with E-state index < -0.39 is 0 Å². The summed E-state index contributed by atoms with van der Waals surface area (Å²) < 4.78 is 0.872. The fraction of sp³-hybridized carbons (Fsp3) is 0.167. The molecular weight excluding hydrogens is 334 g/mol. The Morgan fingerprint density at radius 1 is 1.39 bits per heavy atom. The van der Waals surface area contributed by atoms with Crippen molar-refractivity contribution in [1.29, 1.82) is 0 Å². The van der Waals surface area contributed by atoms with E-state index in [1.165, 1.54) is 0 Å². The van der Waals surface area contributed by atoms with Gasteiger partial charge in [-0.15, -0.1) is 0 Å². The highest BCUT2D eigenvalue weighted by molar-refractivity contribution is 9.10. The fourth-order valence-electron chi connectivity index (χ4n) is 1.36.